The number of aromatic nitrogens is 1. The number of halogens is 1. The fourth-order valence-electron chi connectivity index (χ4n) is 1.46. The molecule has 0 radical (unpaired) electrons. The summed E-state index contributed by atoms with van der Waals surface area (Å²) < 4.78 is 0.964. The molecule has 2 aromatic rings. The van der Waals surface area contributed by atoms with Gasteiger partial charge in [0.2, 0.25) is 0 Å². The Bertz CT molecular complexity index is 633. The molecule has 0 bridgehead atoms. The molecule has 6 heteroatoms. The Morgan fingerprint density at radius 1 is 1.56 bits per heavy atom. The van der Waals surface area contributed by atoms with E-state index in [4.69, 9.17) is 0 Å². The predicted octanol–water partition coefficient (Wildman–Crippen LogP) is 2.44. The van der Waals surface area contributed by atoms with Crippen LogP contribution in [0.25, 0.3) is 0 Å². The minimum absolute atomic E-state index is 0.133. The smallest absolute Gasteiger partial charge is 0.257 e. The number of H-pyrrole nitrogens is 1. The molecule has 0 saturated carbocycles. The van der Waals surface area contributed by atoms with Crippen molar-refractivity contribution in [3.8, 4) is 0 Å². The molecule has 2 aromatic heterocycles. The Labute approximate surface area is 116 Å². The molecule has 1 amide bonds. The van der Waals surface area contributed by atoms with Crippen LogP contribution in [-0.2, 0) is 6.54 Å². The zero-order valence-corrected chi connectivity index (χ0v) is 12.0. The number of aromatic amines is 1. The summed E-state index contributed by atoms with van der Waals surface area (Å²) in [7, 11) is 0. The Balaban J connectivity index is 2.09. The summed E-state index contributed by atoms with van der Waals surface area (Å²) in [6, 6.07) is 3.33. The van der Waals surface area contributed by atoms with Gasteiger partial charge in [0, 0.05) is 27.3 Å². The van der Waals surface area contributed by atoms with Gasteiger partial charge in [0.1, 0.15) is 5.56 Å². The summed E-state index contributed by atoms with van der Waals surface area (Å²) in [5, 5.41) is 4.66. The SMILES string of the molecule is Cc1cc(=O)c(C(=O)NCc2sccc2Br)c[nH]1. The van der Waals surface area contributed by atoms with Crippen LogP contribution in [0.15, 0.2) is 33.0 Å². The summed E-state index contributed by atoms with van der Waals surface area (Å²) in [6.45, 7) is 2.18. The van der Waals surface area contributed by atoms with E-state index < -0.39 is 0 Å². The third-order valence-electron chi connectivity index (χ3n) is 2.40. The molecular formula is C12H11BrN2O2S. The van der Waals surface area contributed by atoms with E-state index in [-0.39, 0.29) is 16.9 Å². The topological polar surface area (TPSA) is 62.0 Å². The molecule has 0 fully saturated rings. The number of carbonyl (C=O) groups is 1. The molecule has 2 heterocycles. The largest absolute Gasteiger partial charge is 0.364 e. The highest BCUT2D eigenvalue weighted by Gasteiger charge is 2.10. The summed E-state index contributed by atoms with van der Waals surface area (Å²) in [6.07, 6.45) is 1.44. The average Bonchev–Trinajstić information content (AvgIpc) is 2.72. The van der Waals surface area contributed by atoms with Crippen molar-refractivity contribution in [1.29, 1.82) is 0 Å². The van der Waals surface area contributed by atoms with E-state index in [1.54, 1.807) is 18.3 Å². The summed E-state index contributed by atoms with van der Waals surface area (Å²) in [5.41, 5.74) is 0.597. The lowest BCUT2D eigenvalue weighted by Crippen LogP contribution is -2.28. The molecule has 0 saturated heterocycles. The van der Waals surface area contributed by atoms with Gasteiger partial charge in [-0.2, -0.15) is 0 Å². The Morgan fingerprint density at radius 2 is 2.33 bits per heavy atom. The third kappa shape index (κ3) is 2.88. The van der Waals surface area contributed by atoms with Crippen LogP contribution in [0.1, 0.15) is 20.9 Å². The molecule has 0 unspecified atom stereocenters. The Morgan fingerprint density at radius 3 is 2.94 bits per heavy atom. The van der Waals surface area contributed by atoms with Gasteiger partial charge in [-0.15, -0.1) is 11.3 Å². The van der Waals surface area contributed by atoms with Crippen LogP contribution < -0.4 is 10.7 Å². The van der Waals surface area contributed by atoms with Gasteiger partial charge in [-0.25, -0.2) is 0 Å². The standard InChI is InChI=1S/C12H11BrN2O2S/c1-7-4-10(16)8(5-14-7)12(17)15-6-11-9(13)2-3-18-11/h2-5H,6H2,1H3,(H,14,16)(H,15,17). The van der Waals surface area contributed by atoms with E-state index in [1.807, 2.05) is 11.4 Å². The first-order valence-corrected chi connectivity index (χ1v) is 6.94. The fourth-order valence-corrected chi connectivity index (χ4v) is 2.89. The lowest BCUT2D eigenvalue weighted by Gasteiger charge is -2.04. The van der Waals surface area contributed by atoms with Crippen molar-refractivity contribution in [3.05, 3.63) is 54.5 Å². The van der Waals surface area contributed by atoms with Crippen LogP contribution in [0, 0.1) is 6.92 Å². The molecule has 0 spiro atoms. The first-order valence-electron chi connectivity index (χ1n) is 5.27. The molecule has 4 nitrogen and oxygen atoms in total. The predicted molar refractivity (Wildman–Crippen MR) is 75.0 cm³/mol. The normalized spacial score (nSPS) is 10.3. The quantitative estimate of drug-likeness (QED) is 0.910. The average molecular weight is 327 g/mol. The van der Waals surface area contributed by atoms with Crippen LogP contribution >= 0.6 is 27.3 Å². The second kappa shape index (κ2) is 5.49. The van der Waals surface area contributed by atoms with Crippen molar-refractivity contribution in [1.82, 2.24) is 10.3 Å². The maximum atomic E-state index is 11.8. The second-order valence-corrected chi connectivity index (χ2v) is 5.62. The maximum absolute atomic E-state index is 11.8. The molecular weight excluding hydrogens is 316 g/mol. The van der Waals surface area contributed by atoms with Crippen LogP contribution in [0.3, 0.4) is 0 Å². The van der Waals surface area contributed by atoms with Gasteiger partial charge in [-0.05, 0) is 34.3 Å². The number of carbonyl (C=O) groups excluding carboxylic acids is 1. The van der Waals surface area contributed by atoms with Gasteiger partial charge >= 0.3 is 0 Å². The fraction of sp³-hybridized carbons (Fsp3) is 0.167. The number of aryl methyl sites for hydroxylation is 1. The number of pyridine rings is 1. The third-order valence-corrected chi connectivity index (χ3v) is 4.33. The number of hydrogen-bond acceptors (Lipinski definition) is 3. The number of thiophene rings is 1. The summed E-state index contributed by atoms with van der Waals surface area (Å²) >= 11 is 4.93. The van der Waals surface area contributed by atoms with Crippen molar-refractivity contribution in [2.24, 2.45) is 0 Å². The lowest BCUT2D eigenvalue weighted by atomic mass is 10.2. The van der Waals surface area contributed by atoms with Gasteiger partial charge in [0.25, 0.3) is 5.91 Å². The summed E-state index contributed by atoms with van der Waals surface area (Å²) in [4.78, 5) is 27.3. The molecule has 18 heavy (non-hydrogen) atoms. The van der Waals surface area contributed by atoms with Gasteiger partial charge < -0.3 is 10.3 Å². The van der Waals surface area contributed by atoms with Crippen LogP contribution in [0.2, 0.25) is 0 Å². The molecule has 0 aromatic carbocycles. The second-order valence-electron chi connectivity index (χ2n) is 3.77. The monoisotopic (exact) mass is 326 g/mol. The lowest BCUT2D eigenvalue weighted by molar-refractivity contribution is 0.0950. The highest BCUT2D eigenvalue weighted by Crippen LogP contribution is 2.22. The van der Waals surface area contributed by atoms with Crippen LogP contribution in [0.4, 0.5) is 0 Å². The van der Waals surface area contributed by atoms with Crippen molar-refractivity contribution >= 4 is 33.2 Å². The molecule has 0 aliphatic heterocycles. The zero-order valence-electron chi connectivity index (χ0n) is 9.62. The van der Waals surface area contributed by atoms with E-state index in [0.29, 0.717) is 6.54 Å². The molecule has 2 N–H and O–H groups in total. The Kier molecular flexibility index (Phi) is 3.98. The van der Waals surface area contributed by atoms with E-state index in [9.17, 15) is 9.59 Å². The highest BCUT2D eigenvalue weighted by molar-refractivity contribution is 9.10. The van der Waals surface area contributed by atoms with Crippen molar-refractivity contribution in [2.45, 2.75) is 13.5 Å². The maximum Gasteiger partial charge on any atom is 0.257 e. The molecule has 2 rings (SSSR count). The summed E-state index contributed by atoms with van der Waals surface area (Å²) in [5.74, 6) is -0.364. The van der Waals surface area contributed by atoms with E-state index in [2.05, 4.69) is 26.2 Å². The Hall–Kier alpha value is -1.40. The van der Waals surface area contributed by atoms with Gasteiger partial charge in [0.15, 0.2) is 5.43 Å². The van der Waals surface area contributed by atoms with Gasteiger partial charge in [0.05, 0.1) is 6.54 Å². The first kappa shape index (κ1) is 13.0. The molecule has 0 atom stereocenters. The van der Waals surface area contributed by atoms with Crippen LogP contribution in [-0.4, -0.2) is 10.9 Å². The van der Waals surface area contributed by atoms with E-state index >= 15 is 0 Å². The zero-order chi connectivity index (χ0) is 13.1. The van der Waals surface area contributed by atoms with Crippen molar-refractivity contribution in [2.75, 3.05) is 0 Å². The number of nitrogens with one attached hydrogen (secondary N) is 2. The molecule has 94 valence electrons. The minimum atomic E-state index is -0.364. The number of hydrogen-bond donors (Lipinski definition) is 2. The van der Waals surface area contributed by atoms with Gasteiger partial charge in [-0.1, -0.05) is 0 Å². The number of rotatable bonds is 3. The molecule has 0 aliphatic rings. The highest BCUT2D eigenvalue weighted by atomic mass is 79.9. The molecule has 0 aliphatic carbocycles. The first-order chi connectivity index (χ1) is 8.58. The van der Waals surface area contributed by atoms with E-state index in [0.717, 1.165) is 15.0 Å². The number of amides is 1. The van der Waals surface area contributed by atoms with Crippen molar-refractivity contribution < 1.29 is 4.79 Å². The van der Waals surface area contributed by atoms with E-state index in [1.165, 1.54) is 12.3 Å². The van der Waals surface area contributed by atoms with Gasteiger partial charge in [-0.3, -0.25) is 9.59 Å². The van der Waals surface area contributed by atoms with Crippen LogP contribution in [0.5, 0.6) is 0 Å². The van der Waals surface area contributed by atoms with Crippen molar-refractivity contribution in [3.63, 3.8) is 0 Å². The minimum Gasteiger partial charge on any atom is -0.364 e.